The van der Waals surface area contributed by atoms with Gasteiger partial charge >= 0.3 is 0 Å². The molecule has 1 atom stereocenters. The smallest absolute Gasteiger partial charge is 0.289 e. The average molecular weight is 386 g/mol. The number of nitrogens with zero attached hydrogens (tertiary/aromatic N) is 4. The molecule has 0 saturated carbocycles. The first kappa shape index (κ1) is 17.8. The molecule has 2 aromatic rings. The monoisotopic (exact) mass is 385 g/mol. The van der Waals surface area contributed by atoms with E-state index >= 15 is 0 Å². The lowest BCUT2D eigenvalue weighted by molar-refractivity contribution is -0.387. The molecule has 134 valence electrons. The summed E-state index contributed by atoms with van der Waals surface area (Å²) in [6, 6.07) is 2.95. The van der Waals surface area contributed by atoms with E-state index in [0.717, 1.165) is 12.1 Å². The van der Waals surface area contributed by atoms with Gasteiger partial charge in [0.05, 0.1) is 11.0 Å². The summed E-state index contributed by atoms with van der Waals surface area (Å²) in [6.07, 6.45) is 3.30. The first-order valence-electron chi connectivity index (χ1n) is 7.46. The number of hydrogen-bond acceptors (Lipinski definition) is 6. The maximum absolute atomic E-state index is 13.2. The molecule has 1 aliphatic rings. The van der Waals surface area contributed by atoms with Gasteiger partial charge < -0.3 is 9.88 Å². The highest BCUT2D eigenvalue weighted by Gasteiger charge is 2.39. The average Bonchev–Trinajstić information content (AvgIpc) is 3.00. The lowest BCUT2D eigenvalue weighted by Gasteiger charge is -2.34. The second-order valence-corrected chi connectivity index (χ2v) is 7.90. The zero-order valence-corrected chi connectivity index (χ0v) is 14.9. The molecule has 1 saturated heterocycles. The Morgan fingerprint density at radius 2 is 2.20 bits per heavy atom. The molecule has 0 bridgehead atoms. The normalized spacial score (nSPS) is 19.0. The summed E-state index contributed by atoms with van der Waals surface area (Å²) >= 11 is 5.89. The van der Waals surface area contributed by atoms with Crippen molar-refractivity contribution in [3.8, 4) is 0 Å². The van der Waals surface area contributed by atoms with Crippen LogP contribution >= 0.6 is 11.6 Å². The van der Waals surface area contributed by atoms with E-state index in [9.17, 15) is 18.5 Å². The van der Waals surface area contributed by atoms with Crippen molar-refractivity contribution in [3.63, 3.8) is 0 Å². The van der Waals surface area contributed by atoms with Crippen molar-refractivity contribution in [1.29, 1.82) is 0 Å². The van der Waals surface area contributed by atoms with E-state index in [1.54, 1.807) is 24.0 Å². The third-order valence-electron chi connectivity index (χ3n) is 4.06. The van der Waals surface area contributed by atoms with Crippen LogP contribution in [-0.4, -0.2) is 46.8 Å². The minimum atomic E-state index is -4.14. The van der Waals surface area contributed by atoms with E-state index in [1.165, 1.54) is 10.4 Å². The standard InChI is InChI=1S/C14H16ClN5O4S/c1-18-6-5-17-14(18)12-9-16-4-7-19(12)25(23,24)13-8-10(15)2-3-11(13)20(21)22/h2-3,5-6,8,12,16H,4,7,9H2,1H3. The van der Waals surface area contributed by atoms with Crippen molar-refractivity contribution in [2.24, 2.45) is 7.05 Å². The Labute approximate surface area is 149 Å². The van der Waals surface area contributed by atoms with Crippen molar-refractivity contribution >= 4 is 27.3 Å². The van der Waals surface area contributed by atoms with E-state index in [2.05, 4.69) is 10.3 Å². The van der Waals surface area contributed by atoms with Gasteiger partial charge in [-0.2, -0.15) is 4.31 Å². The molecule has 25 heavy (non-hydrogen) atoms. The minimum Gasteiger partial charge on any atom is -0.337 e. The zero-order chi connectivity index (χ0) is 18.2. The number of aryl methyl sites for hydroxylation is 1. The lowest BCUT2D eigenvalue weighted by Crippen LogP contribution is -2.49. The molecule has 2 heterocycles. The molecular weight excluding hydrogens is 370 g/mol. The Balaban J connectivity index is 2.11. The van der Waals surface area contributed by atoms with Crippen LogP contribution in [-0.2, 0) is 17.1 Å². The largest absolute Gasteiger partial charge is 0.337 e. The molecule has 1 N–H and O–H groups in total. The number of rotatable bonds is 4. The van der Waals surface area contributed by atoms with E-state index in [1.807, 2.05) is 0 Å². The summed E-state index contributed by atoms with van der Waals surface area (Å²) in [5, 5.41) is 14.5. The lowest BCUT2D eigenvalue weighted by atomic mass is 10.2. The second kappa shape index (κ2) is 6.71. The first-order valence-corrected chi connectivity index (χ1v) is 9.28. The molecular formula is C14H16ClN5O4S. The quantitative estimate of drug-likeness (QED) is 0.627. The minimum absolute atomic E-state index is 0.118. The number of hydrogen-bond donors (Lipinski definition) is 1. The topological polar surface area (TPSA) is 110 Å². The summed E-state index contributed by atoms with van der Waals surface area (Å²) in [5.41, 5.74) is -0.499. The van der Waals surface area contributed by atoms with Gasteiger partial charge in [0.1, 0.15) is 5.82 Å². The van der Waals surface area contributed by atoms with Gasteiger partial charge in [-0.3, -0.25) is 10.1 Å². The Kier molecular flexibility index (Phi) is 4.78. The van der Waals surface area contributed by atoms with Gasteiger partial charge in [0.2, 0.25) is 0 Å². The van der Waals surface area contributed by atoms with Gasteiger partial charge in [0.15, 0.2) is 4.90 Å². The molecule has 1 fully saturated rings. The van der Waals surface area contributed by atoms with Crippen LogP contribution in [0.15, 0.2) is 35.5 Å². The number of halogens is 1. The molecule has 0 radical (unpaired) electrons. The van der Waals surface area contributed by atoms with E-state index in [0.29, 0.717) is 18.9 Å². The summed E-state index contributed by atoms with van der Waals surface area (Å²) in [7, 11) is -2.37. The Bertz CT molecular complexity index is 914. The van der Waals surface area contributed by atoms with Gasteiger partial charge in [-0.25, -0.2) is 13.4 Å². The number of imidazole rings is 1. The molecule has 0 aliphatic carbocycles. The number of benzene rings is 1. The second-order valence-electron chi connectivity index (χ2n) is 5.60. The van der Waals surface area contributed by atoms with Gasteiger partial charge in [-0.15, -0.1) is 0 Å². The van der Waals surface area contributed by atoms with Crippen LogP contribution in [0.4, 0.5) is 5.69 Å². The molecule has 11 heteroatoms. The highest BCUT2D eigenvalue weighted by Crippen LogP contribution is 2.34. The molecule has 0 amide bonds. The van der Waals surface area contributed by atoms with Gasteiger partial charge in [0.25, 0.3) is 15.7 Å². The maximum atomic E-state index is 13.2. The number of nitro groups is 1. The fourth-order valence-electron chi connectivity index (χ4n) is 2.86. The fraction of sp³-hybridized carbons (Fsp3) is 0.357. The molecule has 9 nitrogen and oxygen atoms in total. The van der Waals surface area contributed by atoms with Crippen LogP contribution < -0.4 is 5.32 Å². The van der Waals surface area contributed by atoms with Crippen molar-refractivity contribution in [2.45, 2.75) is 10.9 Å². The molecule has 1 aromatic heterocycles. The highest BCUT2D eigenvalue weighted by atomic mass is 35.5. The number of aromatic nitrogens is 2. The van der Waals surface area contributed by atoms with Crippen LogP contribution in [0.1, 0.15) is 11.9 Å². The van der Waals surface area contributed by atoms with Gasteiger partial charge in [-0.1, -0.05) is 11.6 Å². The summed E-state index contributed by atoms with van der Waals surface area (Å²) in [5.74, 6) is 0.556. The van der Waals surface area contributed by atoms with Crippen LogP contribution in [0.2, 0.25) is 5.02 Å². The molecule has 3 rings (SSSR count). The van der Waals surface area contributed by atoms with Crippen molar-refractivity contribution in [2.75, 3.05) is 19.6 Å². The molecule has 1 unspecified atom stereocenters. The van der Waals surface area contributed by atoms with E-state index in [4.69, 9.17) is 11.6 Å². The molecule has 0 spiro atoms. The predicted octanol–water partition coefficient (Wildman–Crippen LogP) is 1.32. The van der Waals surface area contributed by atoms with Crippen LogP contribution in [0.25, 0.3) is 0 Å². The van der Waals surface area contributed by atoms with Crippen molar-refractivity contribution < 1.29 is 13.3 Å². The zero-order valence-electron chi connectivity index (χ0n) is 13.3. The number of sulfonamides is 1. The van der Waals surface area contributed by atoms with Gasteiger partial charge in [-0.05, 0) is 12.1 Å². The number of nitro benzene ring substituents is 1. The van der Waals surface area contributed by atoms with E-state index < -0.39 is 31.6 Å². The van der Waals surface area contributed by atoms with Crippen LogP contribution in [0.3, 0.4) is 0 Å². The maximum Gasteiger partial charge on any atom is 0.289 e. The molecule has 1 aromatic carbocycles. The van der Waals surface area contributed by atoms with Crippen molar-refractivity contribution in [1.82, 2.24) is 19.2 Å². The predicted molar refractivity (Wildman–Crippen MR) is 90.8 cm³/mol. The highest BCUT2D eigenvalue weighted by molar-refractivity contribution is 7.89. The summed E-state index contributed by atoms with van der Waals surface area (Å²) in [4.78, 5) is 14.4. The fourth-order valence-corrected chi connectivity index (χ4v) is 4.87. The summed E-state index contributed by atoms with van der Waals surface area (Å²) < 4.78 is 29.3. The SMILES string of the molecule is Cn1ccnc1C1CNCCN1S(=O)(=O)c1cc(Cl)ccc1[N+](=O)[O-]. The third-order valence-corrected chi connectivity index (χ3v) is 6.23. The van der Waals surface area contributed by atoms with E-state index in [-0.39, 0.29) is 11.6 Å². The number of piperazine rings is 1. The number of nitrogens with one attached hydrogen (secondary N) is 1. The van der Waals surface area contributed by atoms with Crippen molar-refractivity contribution in [3.05, 3.63) is 51.6 Å². The van der Waals surface area contributed by atoms with Gasteiger partial charge in [0, 0.05) is 50.2 Å². The van der Waals surface area contributed by atoms with Crippen LogP contribution in [0, 0.1) is 10.1 Å². The summed E-state index contributed by atoms with van der Waals surface area (Å²) in [6.45, 7) is 0.969. The Morgan fingerprint density at radius 3 is 2.84 bits per heavy atom. The Hall–Kier alpha value is -2.01. The third kappa shape index (κ3) is 3.25. The Morgan fingerprint density at radius 1 is 1.44 bits per heavy atom. The van der Waals surface area contributed by atoms with Crippen LogP contribution in [0.5, 0.6) is 0 Å². The molecule has 1 aliphatic heterocycles. The first-order chi connectivity index (χ1) is 11.8.